The van der Waals surface area contributed by atoms with E-state index in [9.17, 15) is 4.39 Å². The summed E-state index contributed by atoms with van der Waals surface area (Å²) in [6.45, 7) is 0. The minimum Gasteiger partial charge on any atom is -0.259 e. The summed E-state index contributed by atoms with van der Waals surface area (Å²) >= 11 is 1.59. The smallest absolute Gasteiger partial charge is 0.165 e. The fourth-order valence-corrected chi connectivity index (χ4v) is 2.52. The highest BCUT2D eigenvalue weighted by Gasteiger charge is 2.06. The molecule has 3 nitrogen and oxygen atoms in total. The van der Waals surface area contributed by atoms with Gasteiger partial charge in [0.1, 0.15) is 12.1 Å². The number of nitrogens with zero attached hydrogens (tertiary/aromatic N) is 2. The van der Waals surface area contributed by atoms with Crippen LogP contribution in [0.4, 0.5) is 4.39 Å². The normalized spacial score (nSPS) is 10.6. The van der Waals surface area contributed by atoms with Gasteiger partial charge in [-0.05, 0) is 29.8 Å². The Bertz CT molecular complexity index is 614. The van der Waals surface area contributed by atoms with Crippen molar-refractivity contribution in [1.82, 2.24) is 15.2 Å². The number of hydrogen-bond acceptors (Lipinski definition) is 3. The van der Waals surface area contributed by atoms with Gasteiger partial charge >= 0.3 is 0 Å². The number of benzene rings is 1. The number of aromatic amines is 1. The van der Waals surface area contributed by atoms with E-state index in [4.69, 9.17) is 0 Å². The highest BCUT2D eigenvalue weighted by atomic mass is 32.1. The van der Waals surface area contributed by atoms with Crippen LogP contribution in [-0.4, -0.2) is 15.2 Å². The van der Waals surface area contributed by atoms with Crippen molar-refractivity contribution in [3.05, 3.63) is 48.5 Å². The van der Waals surface area contributed by atoms with Crippen molar-refractivity contribution in [1.29, 1.82) is 0 Å². The van der Waals surface area contributed by atoms with Gasteiger partial charge in [0.25, 0.3) is 0 Å². The fraction of sp³-hybridized carbons (Fsp3) is 0. The summed E-state index contributed by atoms with van der Waals surface area (Å²) in [5, 5.41) is 6.63. The highest BCUT2D eigenvalue weighted by Crippen LogP contribution is 2.32. The zero-order valence-electron chi connectivity index (χ0n) is 8.72. The average molecular weight is 245 g/mol. The molecule has 0 saturated carbocycles. The molecule has 0 fully saturated rings. The Morgan fingerprint density at radius 1 is 1.00 bits per heavy atom. The summed E-state index contributed by atoms with van der Waals surface area (Å²) in [5.74, 6) is 0.532. The molecule has 3 aromatic rings. The Balaban J connectivity index is 1.98. The third kappa shape index (κ3) is 1.97. The van der Waals surface area contributed by atoms with Gasteiger partial charge in [-0.1, -0.05) is 12.1 Å². The van der Waals surface area contributed by atoms with Crippen molar-refractivity contribution in [2.45, 2.75) is 0 Å². The van der Waals surface area contributed by atoms with Crippen LogP contribution in [0.3, 0.4) is 0 Å². The van der Waals surface area contributed by atoms with Crippen LogP contribution in [0.2, 0.25) is 0 Å². The number of rotatable bonds is 2. The second-order valence-corrected chi connectivity index (χ2v) is 4.59. The van der Waals surface area contributed by atoms with Crippen molar-refractivity contribution < 1.29 is 4.39 Å². The van der Waals surface area contributed by atoms with Crippen LogP contribution in [0.25, 0.3) is 21.1 Å². The quantitative estimate of drug-likeness (QED) is 0.752. The van der Waals surface area contributed by atoms with Crippen molar-refractivity contribution in [3.8, 4) is 21.1 Å². The maximum atomic E-state index is 12.8. The average Bonchev–Trinajstić information content (AvgIpc) is 3.00. The van der Waals surface area contributed by atoms with E-state index in [0.717, 1.165) is 21.1 Å². The van der Waals surface area contributed by atoms with Gasteiger partial charge in [0.05, 0.1) is 4.88 Å². The third-order valence-electron chi connectivity index (χ3n) is 2.38. The van der Waals surface area contributed by atoms with Crippen molar-refractivity contribution in [3.63, 3.8) is 0 Å². The van der Waals surface area contributed by atoms with Gasteiger partial charge in [-0.15, -0.1) is 11.3 Å². The number of aromatic nitrogens is 3. The molecule has 2 aromatic heterocycles. The molecule has 17 heavy (non-hydrogen) atoms. The number of halogens is 1. The highest BCUT2D eigenvalue weighted by molar-refractivity contribution is 7.18. The summed E-state index contributed by atoms with van der Waals surface area (Å²) in [5.41, 5.74) is 1.00. The molecule has 1 N–H and O–H groups in total. The van der Waals surface area contributed by atoms with E-state index in [2.05, 4.69) is 15.2 Å². The first kappa shape index (κ1) is 10.2. The Labute approximate surface area is 101 Å². The topological polar surface area (TPSA) is 41.6 Å². The first-order valence-corrected chi connectivity index (χ1v) is 5.86. The molecular weight excluding hydrogens is 237 g/mol. The van der Waals surface area contributed by atoms with Crippen LogP contribution in [0, 0.1) is 5.82 Å². The Morgan fingerprint density at radius 3 is 2.47 bits per heavy atom. The molecule has 0 radical (unpaired) electrons. The van der Waals surface area contributed by atoms with Gasteiger partial charge in [0.15, 0.2) is 5.82 Å². The Hall–Kier alpha value is -2.01. The van der Waals surface area contributed by atoms with Gasteiger partial charge in [-0.25, -0.2) is 9.37 Å². The summed E-state index contributed by atoms with van der Waals surface area (Å²) in [7, 11) is 0. The van der Waals surface area contributed by atoms with Gasteiger partial charge < -0.3 is 0 Å². The first-order chi connectivity index (χ1) is 8.33. The van der Waals surface area contributed by atoms with Crippen molar-refractivity contribution in [2.75, 3.05) is 0 Å². The Morgan fingerprint density at radius 2 is 1.76 bits per heavy atom. The molecule has 0 spiro atoms. The molecule has 0 amide bonds. The first-order valence-electron chi connectivity index (χ1n) is 5.04. The number of hydrogen-bond donors (Lipinski definition) is 1. The predicted molar refractivity (Wildman–Crippen MR) is 65.1 cm³/mol. The fourth-order valence-electron chi connectivity index (χ4n) is 1.56. The lowest BCUT2D eigenvalue weighted by atomic mass is 10.2. The van der Waals surface area contributed by atoms with Gasteiger partial charge in [0.2, 0.25) is 0 Å². The summed E-state index contributed by atoms with van der Waals surface area (Å²) in [4.78, 5) is 6.19. The SMILES string of the molecule is Fc1ccc(-c2ccc(-c3ncn[nH]3)s2)cc1. The van der Waals surface area contributed by atoms with E-state index in [1.807, 2.05) is 12.1 Å². The predicted octanol–water partition coefficient (Wildman–Crippen LogP) is 3.34. The zero-order chi connectivity index (χ0) is 11.7. The molecule has 0 atom stereocenters. The minimum absolute atomic E-state index is 0.222. The number of nitrogens with one attached hydrogen (secondary N) is 1. The van der Waals surface area contributed by atoms with E-state index in [1.165, 1.54) is 18.5 Å². The van der Waals surface area contributed by atoms with E-state index < -0.39 is 0 Å². The molecule has 0 aliphatic heterocycles. The van der Waals surface area contributed by atoms with Gasteiger partial charge in [-0.3, -0.25) is 5.10 Å². The van der Waals surface area contributed by atoms with Gasteiger partial charge in [0, 0.05) is 4.88 Å². The van der Waals surface area contributed by atoms with Crippen LogP contribution in [0.5, 0.6) is 0 Å². The molecule has 5 heteroatoms. The lowest BCUT2D eigenvalue weighted by Gasteiger charge is -1.95. The van der Waals surface area contributed by atoms with Crippen LogP contribution in [0.15, 0.2) is 42.7 Å². The summed E-state index contributed by atoms with van der Waals surface area (Å²) < 4.78 is 12.8. The Kier molecular flexibility index (Phi) is 2.45. The van der Waals surface area contributed by atoms with Crippen LogP contribution in [0.1, 0.15) is 0 Å². The van der Waals surface area contributed by atoms with Crippen molar-refractivity contribution >= 4 is 11.3 Å². The second-order valence-electron chi connectivity index (χ2n) is 3.50. The largest absolute Gasteiger partial charge is 0.259 e. The maximum absolute atomic E-state index is 12.8. The van der Waals surface area contributed by atoms with Gasteiger partial charge in [-0.2, -0.15) is 5.10 Å². The zero-order valence-corrected chi connectivity index (χ0v) is 9.54. The van der Waals surface area contributed by atoms with Crippen LogP contribution in [-0.2, 0) is 0 Å². The molecule has 0 saturated heterocycles. The number of H-pyrrole nitrogens is 1. The second kappa shape index (κ2) is 4.10. The molecule has 0 aliphatic carbocycles. The summed E-state index contributed by atoms with van der Waals surface area (Å²) in [6, 6.07) is 10.4. The molecular formula is C12H8FN3S. The molecule has 2 heterocycles. The molecule has 84 valence electrons. The molecule has 0 bridgehead atoms. The van der Waals surface area contributed by atoms with Crippen LogP contribution < -0.4 is 0 Å². The van der Waals surface area contributed by atoms with Crippen LogP contribution >= 0.6 is 11.3 Å². The summed E-state index contributed by atoms with van der Waals surface area (Å²) in [6.07, 6.45) is 1.48. The number of thiophene rings is 1. The standard InChI is InChI=1S/C12H8FN3S/c13-9-3-1-8(2-4-9)10-5-6-11(17-10)12-14-7-15-16-12/h1-7H,(H,14,15,16). The molecule has 0 unspecified atom stereocenters. The van der Waals surface area contributed by atoms with E-state index in [1.54, 1.807) is 23.5 Å². The molecule has 3 rings (SSSR count). The third-order valence-corrected chi connectivity index (χ3v) is 3.52. The molecule has 0 aliphatic rings. The van der Waals surface area contributed by atoms with Crippen molar-refractivity contribution in [2.24, 2.45) is 0 Å². The monoisotopic (exact) mass is 245 g/mol. The maximum Gasteiger partial charge on any atom is 0.165 e. The lowest BCUT2D eigenvalue weighted by Crippen LogP contribution is -1.74. The van der Waals surface area contributed by atoms with E-state index >= 15 is 0 Å². The lowest BCUT2D eigenvalue weighted by molar-refractivity contribution is 0.628. The van der Waals surface area contributed by atoms with E-state index in [0.29, 0.717) is 0 Å². The van der Waals surface area contributed by atoms with E-state index in [-0.39, 0.29) is 5.82 Å². The minimum atomic E-state index is -0.222. The molecule has 1 aromatic carbocycles.